The molecule has 1 saturated heterocycles. The maximum atomic E-state index is 6.33. The number of halogens is 1. The summed E-state index contributed by atoms with van der Waals surface area (Å²) < 4.78 is 16.4. The lowest BCUT2D eigenvalue weighted by molar-refractivity contribution is 0.0367. The molecular formula is C23H30ClN3O3S. The van der Waals surface area contributed by atoms with Crippen LogP contribution < -0.4 is 14.8 Å². The van der Waals surface area contributed by atoms with Crippen LogP contribution in [0.3, 0.4) is 0 Å². The smallest absolute Gasteiger partial charge is 0.173 e. The zero-order valence-corrected chi connectivity index (χ0v) is 19.7. The Labute approximate surface area is 195 Å². The second-order valence-electron chi connectivity index (χ2n) is 7.32. The van der Waals surface area contributed by atoms with Crippen LogP contribution in [-0.2, 0) is 11.3 Å². The fourth-order valence-corrected chi connectivity index (χ4v) is 3.98. The Hall–Kier alpha value is -2.06. The molecule has 0 amide bonds. The zero-order valence-electron chi connectivity index (χ0n) is 18.1. The molecule has 1 aliphatic rings. The van der Waals surface area contributed by atoms with Crippen LogP contribution in [0.2, 0.25) is 5.02 Å². The van der Waals surface area contributed by atoms with Crippen molar-refractivity contribution in [2.75, 3.05) is 58.9 Å². The van der Waals surface area contributed by atoms with E-state index in [1.807, 2.05) is 42.5 Å². The van der Waals surface area contributed by atoms with Gasteiger partial charge in [0.1, 0.15) is 11.5 Å². The summed E-state index contributed by atoms with van der Waals surface area (Å²) in [4.78, 5) is 4.58. The molecule has 2 aromatic carbocycles. The lowest BCUT2D eigenvalue weighted by Gasteiger charge is -2.30. The van der Waals surface area contributed by atoms with E-state index in [4.69, 9.17) is 38.0 Å². The number of morpholine rings is 1. The van der Waals surface area contributed by atoms with Crippen LogP contribution >= 0.6 is 23.8 Å². The van der Waals surface area contributed by atoms with Crippen LogP contribution in [0.15, 0.2) is 42.5 Å². The molecule has 168 valence electrons. The first-order valence-electron chi connectivity index (χ1n) is 10.4. The van der Waals surface area contributed by atoms with E-state index in [0.717, 1.165) is 68.6 Å². The van der Waals surface area contributed by atoms with Crippen LogP contribution in [0.5, 0.6) is 11.5 Å². The molecule has 1 fully saturated rings. The van der Waals surface area contributed by atoms with Crippen LogP contribution in [0, 0.1) is 0 Å². The van der Waals surface area contributed by atoms with Gasteiger partial charge >= 0.3 is 0 Å². The highest BCUT2D eigenvalue weighted by atomic mass is 35.5. The highest BCUT2D eigenvalue weighted by molar-refractivity contribution is 7.80. The molecule has 2 aromatic rings. The molecule has 0 aromatic heterocycles. The SMILES string of the molecule is COc1ccc(OC)c(CN(CCCN2CCOCC2)C(=S)Nc2ccccc2Cl)c1. The van der Waals surface area contributed by atoms with Gasteiger partial charge in [0.15, 0.2) is 5.11 Å². The Balaban J connectivity index is 1.73. The van der Waals surface area contributed by atoms with Gasteiger partial charge in [-0.3, -0.25) is 4.90 Å². The number of nitrogens with zero attached hydrogens (tertiary/aromatic N) is 2. The Morgan fingerprint density at radius 2 is 1.94 bits per heavy atom. The number of hydrogen-bond acceptors (Lipinski definition) is 5. The number of nitrogens with one attached hydrogen (secondary N) is 1. The van der Waals surface area contributed by atoms with Gasteiger partial charge in [0, 0.05) is 38.3 Å². The Morgan fingerprint density at radius 3 is 2.65 bits per heavy atom. The number of thiocarbonyl (C=S) groups is 1. The molecule has 0 bridgehead atoms. The highest BCUT2D eigenvalue weighted by Crippen LogP contribution is 2.26. The van der Waals surface area contributed by atoms with Gasteiger partial charge in [-0.25, -0.2) is 0 Å². The van der Waals surface area contributed by atoms with Gasteiger partial charge in [0.2, 0.25) is 0 Å². The molecule has 0 atom stereocenters. The standard InChI is InChI=1S/C23H30ClN3O3S/c1-28-19-8-9-22(29-2)18(16-19)17-27(11-5-10-26-12-14-30-15-13-26)23(31)25-21-7-4-3-6-20(21)24/h3-4,6-9,16H,5,10-15,17H2,1-2H3,(H,25,31). The van der Waals surface area contributed by atoms with E-state index in [-0.39, 0.29) is 0 Å². The van der Waals surface area contributed by atoms with Crippen molar-refractivity contribution in [2.45, 2.75) is 13.0 Å². The molecule has 0 aliphatic carbocycles. The van der Waals surface area contributed by atoms with Crippen LogP contribution in [-0.4, -0.2) is 68.5 Å². The molecule has 0 unspecified atom stereocenters. The average molecular weight is 464 g/mol. The molecular weight excluding hydrogens is 434 g/mol. The first kappa shape index (κ1) is 23.6. The van der Waals surface area contributed by atoms with Gasteiger partial charge in [0.25, 0.3) is 0 Å². The van der Waals surface area contributed by atoms with Gasteiger partial charge < -0.3 is 24.4 Å². The van der Waals surface area contributed by atoms with E-state index in [9.17, 15) is 0 Å². The Bertz CT molecular complexity index is 862. The van der Waals surface area contributed by atoms with Crippen molar-refractivity contribution in [3.8, 4) is 11.5 Å². The minimum Gasteiger partial charge on any atom is -0.497 e. The summed E-state index contributed by atoms with van der Waals surface area (Å²) in [7, 11) is 3.34. The highest BCUT2D eigenvalue weighted by Gasteiger charge is 2.17. The molecule has 0 radical (unpaired) electrons. The average Bonchev–Trinajstić information content (AvgIpc) is 2.80. The molecule has 3 rings (SSSR count). The summed E-state index contributed by atoms with van der Waals surface area (Å²) in [5.41, 5.74) is 1.81. The number of rotatable bonds is 9. The van der Waals surface area contributed by atoms with E-state index in [2.05, 4.69) is 15.1 Å². The van der Waals surface area contributed by atoms with Gasteiger partial charge in [-0.1, -0.05) is 23.7 Å². The largest absolute Gasteiger partial charge is 0.497 e. The topological polar surface area (TPSA) is 46.2 Å². The first-order chi connectivity index (χ1) is 15.1. The number of anilines is 1. The van der Waals surface area contributed by atoms with Crippen molar-refractivity contribution in [3.05, 3.63) is 53.1 Å². The molecule has 0 spiro atoms. The summed E-state index contributed by atoms with van der Waals surface area (Å²) in [6.45, 7) is 5.96. The van der Waals surface area contributed by atoms with Crippen LogP contribution in [0.4, 0.5) is 5.69 Å². The van der Waals surface area contributed by atoms with E-state index in [1.165, 1.54) is 0 Å². The second kappa shape index (κ2) is 12.1. The van der Waals surface area contributed by atoms with Crippen molar-refractivity contribution in [3.63, 3.8) is 0 Å². The van der Waals surface area contributed by atoms with E-state index < -0.39 is 0 Å². The van der Waals surface area contributed by atoms with Gasteiger partial charge in [-0.05, 0) is 49.0 Å². The predicted molar refractivity (Wildman–Crippen MR) is 130 cm³/mol. The molecule has 31 heavy (non-hydrogen) atoms. The van der Waals surface area contributed by atoms with Gasteiger partial charge in [-0.2, -0.15) is 0 Å². The monoisotopic (exact) mass is 463 g/mol. The van der Waals surface area contributed by atoms with E-state index in [0.29, 0.717) is 16.7 Å². The summed E-state index contributed by atoms with van der Waals surface area (Å²) >= 11 is 12.1. The van der Waals surface area contributed by atoms with E-state index in [1.54, 1.807) is 14.2 Å². The van der Waals surface area contributed by atoms with Crippen molar-refractivity contribution in [1.82, 2.24) is 9.80 Å². The quantitative estimate of drug-likeness (QED) is 0.557. The summed E-state index contributed by atoms with van der Waals surface area (Å²) in [5, 5.41) is 4.57. The Kier molecular flexibility index (Phi) is 9.21. The molecule has 1 aliphatic heterocycles. The third-order valence-corrected chi connectivity index (χ3v) is 5.95. The van der Waals surface area contributed by atoms with Crippen LogP contribution in [0.25, 0.3) is 0 Å². The first-order valence-corrected chi connectivity index (χ1v) is 11.2. The molecule has 1 N–H and O–H groups in total. The number of para-hydroxylation sites is 1. The predicted octanol–water partition coefficient (Wildman–Crippen LogP) is 4.28. The minimum atomic E-state index is 0.597. The molecule has 6 nitrogen and oxygen atoms in total. The van der Waals surface area contributed by atoms with Crippen molar-refractivity contribution in [2.24, 2.45) is 0 Å². The van der Waals surface area contributed by atoms with E-state index >= 15 is 0 Å². The summed E-state index contributed by atoms with van der Waals surface area (Å²) in [6.07, 6.45) is 0.983. The number of ether oxygens (including phenoxy) is 3. The second-order valence-corrected chi connectivity index (χ2v) is 8.11. The van der Waals surface area contributed by atoms with Crippen molar-refractivity contribution in [1.29, 1.82) is 0 Å². The Morgan fingerprint density at radius 1 is 1.16 bits per heavy atom. The summed E-state index contributed by atoms with van der Waals surface area (Å²) in [5.74, 6) is 1.59. The zero-order chi connectivity index (χ0) is 22.1. The molecule has 8 heteroatoms. The number of hydrogen-bond donors (Lipinski definition) is 1. The fraction of sp³-hybridized carbons (Fsp3) is 0.435. The molecule has 1 heterocycles. The third-order valence-electron chi connectivity index (χ3n) is 5.26. The van der Waals surface area contributed by atoms with Crippen molar-refractivity contribution < 1.29 is 14.2 Å². The van der Waals surface area contributed by atoms with Gasteiger partial charge in [-0.15, -0.1) is 0 Å². The fourth-order valence-electron chi connectivity index (χ4n) is 3.53. The number of methoxy groups -OCH3 is 2. The minimum absolute atomic E-state index is 0.597. The third kappa shape index (κ3) is 6.97. The maximum Gasteiger partial charge on any atom is 0.173 e. The lowest BCUT2D eigenvalue weighted by atomic mass is 10.1. The maximum absolute atomic E-state index is 6.33. The van der Waals surface area contributed by atoms with Crippen molar-refractivity contribution >= 4 is 34.6 Å². The summed E-state index contributed by atoms with van der Waals surface area (Å²) in [6, 6.07) is 13.4. The van der Waals surface area contributed by atoms with Crippen LogP contribution in [0.1, 0.15) is 12.0 Å². The van der Waals surface area contributed by atoms with Gasteiger partial charge in [0.05, 0.1) is 38.1 Å². The molecule has 0 saturated carbocycles. The number of benzene rings is 2. The normalized spacial score (nSPS) is 14.2. The lowest BCUT2D eigenvalue weighted by Crippen LogP contribution is -2.40.